The van der Waals surface area contributed by atoms with Gasteiger partial charge in [0, 0.05) is 0 Å². The highest BCUT2D eigenvalue weighted by molar-refractivity contribution is 7.18. The van der Waals surface area contributed by atoms with E-state index >= 15 is 0 Å². The molecule has 0 saturated carbocycles. The summed E-state index contributed by atoms with van der Waals surface area (Å²) in [6, 6.07) is 16.3. The maximum absolute atomic E-state index is 10.8. The third-order valence-corrected chi connectivity index (χ3v) is 5.12. The molecule has 2 atom stereocenters. The van der Waals surface area contributed by atoms with Crippen LogP contribution < -0.4 is 10.4 Å². The van der Waals surface area contributed by atoms with Crippen molar-refractivity contribution in [1.29, 1.82) is 0 Å². The van der Waals surface area contributed by atoms with Gasteiger partial charge in [-0.2, -0.15) is 0 Å². The Bertz CT molecular complexity index is 906. The minimum Gasteiger partial charge on any atom is -0.385 e. The summed E-state index contributed by atoms with van der Waals surface area (Å²) in [5, 5.41) is 14.0. The molecular formula is C18H15NOS. The van der Waals surface area contributed by atoms with Gasteiger partial charge < -0.3 is 5.11 Å². The number of hydrogen-bond acceptors (Lipinski definition) is 3. The van der Waals surface area contributed by atoms with E-state index in [0.717, 1.165) is 25.7 Å². The third kappa shape index (κ3) is 2.09. The Morgan fingerprint density at radius 3 is 2.57 bits per heavy atom. The second-order valence-electron chi connectivity index (χ2n) is 5.66. The van der Waals surface area contributed by atoms with Crippen LogP contribution in [0.15, 0.2) is 48.5 Å². The van der Waals surface area contributed by atoms with Gasteiger partial charge in [-0.05, 0) is 35.6 Å². The zero-order valence-electron chi connectivity index (χ0n) is 11.7. The highest BCUT2D eigenvalue weighted by atomic mass is 32.1. The smallest absolute Gasteiger partial charge is 0.104 e. The van der Waals surface area contributed by atoms with Gasteiger partial charge >= 0.3 is 0 Å². The largest absolute Gasteiger partial charge is 0.385 e. The van der Waals surface area contributed by atoms with Crippen molar-refractivity contribution in [2.45, 2.75) is 18.4 Å². The van der Waals surface area contributed by atoms with Gasteiger partial charge in [0.25, 0.3) is 0 Å². The SMILES string of the molecule is CC1(O)C=c2ccccc2=CC1c1nc2ccccc2s1. The number of rotatable bonds is 1. The van der Waals surface area contributed by atoms with Crippen molar-refractivity contribution in [1.82, 2.24) is 4.98 Å². The van der Waals surface area contributed by atoms with Crippen LogP contribution in [0, 0.1) is 0 Å². The quantitative estimate of drug-likeness (QED) is 0.747. The van der Waals surface area contributed by atoms with Crippen molar-refractivity contribution in [2.75, 3.05) is 0 Å². The van der Waals surface area contributed by atoms with Crippen LogP contribution in [0.2, 0.25) is 0 Å². The van der Waals surface area contributed by atoms with E-state index in [1.807, 2.05) is 49.4 Å². The van der Waals surface area contributed by atoms with E-state index < -0.39 is 5.60 Å². The van der Waals surface area contributed by atoms with E-state index in [1.165, 1.54) is 0 Å². The number of fused-ring (bicyclic) bond motifs is 2. The van der Waals surface area contributed by atoms with Gasteiger partial charge in [0.2, 0.25) is 0 Å². The molecule has 2 nitrogen and oxygen atoms in total. The van der Waals surface area contributed by atoms with Crippen LogP contribution in [-0.2, 0) is 0 Å². The number of benzene rings is 2. The second-order valence-corrected chi connectivity index (χ2v) is 6.73. The van der Waals surface area contributed by atoms with Crippen LogP contribution in [0.4, 0.5) is 0 Å². The second kappa shape index (κ2) is 4.52. The van der Waals surface area contributed by atoms with Crippen molar-refractivity contribution in [3.05, 3.63) is 64.0 Å². The van der Waals surface area contributed by atoms with Gasteiger partial charge in [0.05, 0.1) is 21.7 Å². The maximum atomic E-state index is 10.8. The molecular weight excluding hydrogens is 278 g/mol. The lowest BCUT2D eigenvalue weighted by atomic mass is 9.84. The molecule has 0 amide bonds. The molecule has 104 valence electrons. The molecule has 1 aromatic heterocycles. The van der Waals surface area contributed by atoms with Crippen LogP contribution in [0.3, 0.4) is 0 Å². The fourth-order valence-electron chi connectivity index (χ4n) is 2.89. The lowest BCUT2D eigenvalue weighted by Crippen LogP contribution is -2.41. The van der Waals surface area contributed by atoms with E-state index in [9.17, 15) is 5.11 Å². The van der Waals surface area contributed by atoms with Crippen LogP contribution in [0.5, 0.6) is 0 Å². The number of para-hydroxylation sites is 1. The summed E-state index contributed by atoms with van der Waals surface area (Å²) in [5.74, 6) is -0.107. The zero-order valence-corrected chi connectivity index (χ0v) is 12.5. The number of aliphatic hydroxyl groups is 1. The normalized spacial score (nSPS) is 24.2. The van der Waals surface area contributed by atoms with Gasteiger partial charge in [-0.3, -0.25) is 0 Å². The molecule has 0 aliphatic heterocycles. The number of nitrogens with zero attached hydrogens (tertiary/aromatic N) is 1. The molecule has 3 heteroatoms. The van der Waals surface area contributed by atoms with Crippen LogP contribution in [-0.4, -0.2) is 15.7 Å². The first-order chi connectivity index (χ1) is 10.1. The predicted octanol–water partition coefficient (Wildman–Crippen LogP) is 2.41. The van der Waals surface area contributed by atoms with Crippen molar-refractivity contribution < 1.29 is 5.11 Å². The molecule has 1 aliphatic rings. The van der Waals surface area contributed by atoms with Gasteiger partial charge in [-0.15, -0.1) is 11.3 Å². The zero-order chi connectivity index (χ0) is 14.4. The lowest BCUT2D eigenvalue weighted by Gasteiger charge is -2.28. The molecule has 1 N–H and O–H groups in total. The van der Waals surface area contributed by atoms with E-state index in [-0.39, 0.29) is 5.92 Å². The molecule has 4 rings (SSSR count). The molecule has 0 bridgehead atoms. The molecule has 21 heavy (non-hydrogen) atoms. The van der Waals surface area contributed by atoms with E-state index in [2.05, 4.69) is 18.2 Å². The number of thiazole rings is 1. The highest BCUT2D eigenvalue weighted by Crippen LogP contribution is 2.36. The molecule has 2 aromatic carbocycles. The highest BCUT2D eigenvalue weighted by Gasteiger charge is 2.33. The monoisotopic (exact) mass is 293 g/mol. The van der Waals surface area contributed by atoms with E-state index in [4.69, 9.17) is 4.98 Å². The first-order valence-electron chi connectivity index (χ1n) is 7.01. The molecule has 2 unspecified atom stereocenters. The summed E-state index contributed by atoms with van der Waals surface area (Å²) in [4.78, 5) is 4.71. The molecule has 0 saturated heterocycles. The van der Waals surface area contributed by atoms with Crippen molar-refractivity contribution >= 4 is 33.7 Å². The number of hydrogen-bond donors (Lipinski definition) is 1. The Morgan fingerprint density at radius 1 is 1.05 bits per heavy atom. The minimum atomic E-state index is -0.914. The Kier molecular flexibility index (Phi) is 2.74. The molecule has 3 aromatic rings. The summed E-state index contributed by atoms with van der Waals surface area (Å²) >= 11 is 1.66. The predicted molar refractivity (Wildman–Crippen MR) is 87.6 cm³/mol. The average Bonchev–Trinajstić information content (AvgIpc) is 2.89. The first-order valence-corrected chi connectivity index (χ1v) is 7.83. The first kappa shape index (κ1) is 12.7. The Labute approximate surface area is 126 Å². The standard InChI is InChI=1S/C18H15NOS/c1-18(20)11-13-7-3-2-6-12(13)10-14(18)17-19-15-8-4-5-9-16(15)21-17/h2-11,14,20H,1H3. The van der Waals surface area contributed by atoms with Gasteiger partial charge in [-0.1, -0.05) is 42.5 Å². The van der Waals surface area contributed by atoms with E-state index in [0.29, 0.717) is 0 Å². The summed E-state index contributed by atoms with van der Waals surface area (Å²) in [7, 11) is 0. The fraction of sp³-hybridized carbons (Fsp3) is 0.167. The average molecular weight is 293 g/mol. The molecule has 0 radical (unpaired) electrons. The topological polar surface area (TPSA) is 33.1 Å². The van der Waals surface area contributed by atoms with Gasteiger partial charge in [-0.25, -0.2) is 4.98 Å². The lowest BCUT2D eigenvalue weighted by molar-refractivity contribution is 0.116. The van der Waals surface area contributed by atoms with Crippen LogP contribution >= 0.6 is 11.3 Å². The maximum Gasteiger partial charge on any atom is 0.104 e. The van der Waals surface area contributed by atoms with Crippen molar-refractivity contribution in [3.63, 3.8) is 0 Å². The van der Waals surface area contributed by atoms with E-state index in [1.54, 1.807) is 11.3 Å². The van der Waals surface area contributed by atoms with Crippen molar-refractivity contribution in [3.8, 4) is 0 Å². The summed E-state index contributed by atoms with van der Waals surface area (Å²) in [6.45, 7) is 1.86. The molecule has 0 fully saturated rings. The Morgan fingerprint density at radius 2 is 1.76 bits per heavy atom. The summed E-state index contributed by atoms with van der Waals surface area (Å²) in [5.41, 5.74) is 0.0861. The Hall–Kier alpha value is -1.97. The molecule has 1 heterocycles. The van der Waals surface area contributed by atoms with Crippen LogP contribution in [0.25, 0.3) is 22.4 Å². The molecule has 1 aliphatic carbocycles. The minimum absolute atomic E-state index is 0.107. The molecule has 0 spiro atoms. The summed E-state index contributed by atoms with van der Waals surface area (Å²) < 4.78 is 1.16. The van der Waals surface area contributed by atoms with Gasteiger partial charge in [0.15, 0.2) is 0 Å². The Balaban J connectivity index is 1.93. The fourth-order valence-corrected chi connectivity index (χ4v) is 4.06. The van der Waals surface area contributed by atoms with Gasteiger partial charge in [0.1, 0.15) is 5.01 Å². The third-order valence-electron chi connectivity index (χ3n) is 4.00. The van der Waals surface area contributed by atoms with Crippen molar-refractivity contribution in [2.24, 2.45) is 0 Å². The number of aromatic nitrogens is 1. The van der Waals surface area contributed by atoms with Crippen LogP contribution in [0.1, 0.15) is 17.8 Å². The summed E-state index contributed by atoms with van der Waals surface area (Å²) in [6.07, 6.45) is 4.08.